The zero-order valence-electron chi connectivity index (χ0n) is 10.5. The van der Waals surface area contributed by atoms with Gasteiger partial charge in [0.05, 0.1) is 9.26 Å². The second-order valence-electron chi connectivity index (χ2n) is 4.35. The van der Waals surface area contributed by atoms with E-state index in [1.165, 1.54) is 19.3 Å². The Labute approximate surface area is 116 Å². The number of aromatic nitrogens is 2. The third-order valence-corrected chi connectivity index (χ3v) is 4.28. The average Bonchev–Trinajstić information content (AvgIpc) is 2.36. The summed E-state index contributed by atoms with van der Waals surface area (Å²) in [7, 11) is 0. The minimum atomic E-state index is 0.888. The Morgan fingerprint density at radius 1 is 1.24 bits per heavy atom. The van der Waals surface area contributed by atoms with Crippen LogP contribution in [0.2, 0.25) is 0 Å². The highest BCUT2D eigenvalue weighted by Gasteiger charge is 2.16. The minimum absolute atomic E-state index is 0.888. The number of rotatable bonds is 3. The van der Waals surface area contributed by atoms with Crippen molar-refractivity contribution in [3.05, 3.63) is 9.26 Å². The van der Waals surface area contributed by atoms with Gasteiger partial charge in [-0.25, -0.2) is 4.98 Å². The van der Waals surface area contributed by atoms with Crippen LogP contribution in [-0.2, 0) is 0 Å². The van der Waals surface area contributed by atoms with Crippen molar-refractivity contribution in [1.82, 2.24) is 9.97 Å². The molecular formula is C12H19IN4. The molecule has 0 saturated carbocycles. The van der Waals surface area contributed by atoms with Crippen LogP contribution in [0.25, 0.3) is 0 Å². The molecule has 1 aromatic rings. The normalized spacial score (nSPS) is 16.1. The van der Waals surface area contributed by atoms with Gasteiger partial charge in [0.25, 0.3) is 0 Å². The van der Waals surface area contributed by atoms with Gasteiger partial charge in [-0.15, -0.1) is 0 Å². The Morgan fingerprint density at radius 3 is 2.59 bits per heavy atom. The molecule has 94 valence electrons. The Morgan fingerprint density at radius 2 is 1.94 bits per heavy atom. The summed E-state index contributed by atoms with van der Waals surface area (Å²) in [6.45, 7) is 7.22. The van der Waals surface area contributed by atoms with Crippen LogP contribution in [0.5, 0.6) is 0 Å². The lowest BCUT2D eigenvalue weighted by atomic mass is 10.1. The molecule has 0 aliphatic carbocycles. The van der Waals surface area contributed by atoms with E-state index in [1.54, 1.807) is 0 Å². The van der Waals surface area contributed by atoms with Crippen molar-refractivity contribution in [1.29, 1.82) is 0 Å². The molecule has 0 radical (unpaired) electrons. The quantitative estimate of drug-likeness (QED) is 0.855. The van der Waals surface area contributed by atoms with E-state index in [-0.39, 0.29) is 0 Å². The highest BCUT2D eigenvalue weighted by molar-refractivity contribution is 14.1. The maximum Gasteiger partial charge on any atom is 0.227 e. The molecule has 2 rings (SSSR count). The molecule has 5 heteroatoms. The van der Waals surface area contributed by atoms with Crippen LogP contribution < -0.4 is 10.2 Å². The highest BCUT2D eigenvalue weighted by atomic mass is 127. The van der Waals surface area contributed by atoms with Crippen molar-refractivity contribution >= 4 is 34.4 Å². The fourth-order valence-electron chi connectivity index (χ4n) is 2.06. The van der Waals surface area contributed by atoms with Crippen LogP contribution in [0.3, 0.4) is 0 Å². The van der Waals surface area contributed by atoms with Crippen LogP contribution in [0.1, 0.15) is 31.9 Å². The molecule has 4 nitrogen and oxygen atoms in total. The fourth-order valence-corrected chi connectivity index (χ4v) is 2.50. The number of halogens is 1. The molecule has 1 aliphatic rings. The number of nitrogens with one attached hydrogen (secondary N) is 1. The van der Waals surface area contributed by atoms with Crippen LogP contribution in [0, 0.1) is 10.5 Å². The van der Waals surface area contributed by atoms with E-state index in [0.717, 1.165) is 40.7 Å². The van der Waals surface area contributed by atoms with E-state index < -0.39 is 0 Å². The van der Waals surface area contributed by atoms with Gasteiger partial charge >= 0.3 is 0 Å². The molecule has 0 amide bonds. The van der Waals surface area contributed by atoms with Crippen molar-refractivity contribution in [2.24, 2.45) is 0 Å². The summed E-state index contributed by atoms with van der Waals surface area (Å²) in [6, 6.07) is 0. The number of hydrogen-bond acceptors (Lipinski definition) is 4. The molecule has 0 atom stereocenters. The van der Waals surface area contributed by atoms with Gasteiger partial charge in [-0.1, -0.05) is 0 Å². The van der Waals surface area contributed by atoms with Gasteiger partial charge in [0.1, 0.15) is 5.82 Å². The van der Waals surface area contributed by atoms with Gasteiger partial charge in [-0.3, -0.25) is 0 Å². The maximum atomic E-state index is 4.64. The average molecular weight is 346 g/mol. The Hall–Kier alpha value is -0.590. The van der Waals surface area contributed by atoms with Gasteiger partial charge in [0.15, 0.2) is 0 Å². The summed E-state index contributed by atoms with van der Waals surface area (Å²) in [5.41, 5.74) is 1.07. The van der Waals surface area contributed by atoms with E-state index in [9.17, 15) is 0 Å². The summed E-state index contributed by atoms with van der Waals surface area (Å²) in [5, 5.41) is 3.31. The first-order valence-electron chi connectivity index (χ1n) is 6.25. The number of nitrogens with zero attached hydrogens (tertiary/aromatic N) is 3. The smallest absolute Gasteiger partial charge is 0.227 e. The lowest BCUT2D eigenvalue weighted by Crippen LogP contribution is -2.31. The summed E-state index contributed by atoms with van der Waals surface area (Å²) in [6.07, 6.45) is 3.84. The number of piperidine rings is 1. The number of anilines is 2. The monoisotopic (exact) mass is 346 g/mol. The number of hydrogen-bond donors (Lipinski definition) is 1. The summed E-state index contributed by atoms with van der Waals surface area (Å²) < 4.78 is 1.13. The van der Waals surface area contributed by atoms with Gasteiger partial charge < -0.3 is 10.2 Å². The molecule has 0 unspecified atom stereocenters. The standard InChI is InChI=1S/C12H19IN4/c1-3-14-11-10(13)9(2)15-12(16-11)17-7-5-4-6-8-17/h3-8H2,1-2H3,(H,14,15,16). The van der Waals surface area contributed by atoms with E-state index in [1.807, 2.05) is 0 Å². The molecule has 1 saturated heterocycles. The second kappa shape index (κ2) is 5.84. The Bertz CT molecular complexity index is 388. The minimum Gasteiger partial charge on any atom is -0.369 e. The molecular weight excluding hydrogens is 327 g/mol. The lowest BCUT2D eigenvalue weighted by molar-refractivity contribution is 0.567. The molecule has 17 heavy (non-hydrogen) atoms. The van der Waals surface area contributed by atoms with E-state index in [2.05, 4.69) is 56.6 Å². The third-order valence-electron chi connectivity index (χ3n) is 2.99. The molecule has 0 bridgehead atoms. The number of aryl methyl sites for hydroxylation is 1. The van der Waals surface area contributed by atoms with Crippen LogP contribution >= 0.6 is 22.6 Å². The Balaban J connectivity index is 2.27. The predicted molar refractivity (Wildman–Crippen MR) is 79.7 cm³/mol. The fraction of sp³-hybridized carbons (Fsp3) is 0.667. The molecule has 1 fully saturated rings. The molecule has 1 aromatic heterocycles. The van der Waals surface area contributed by atoms with Crippen molar-refractivity contribution in [2.45, 2.75) is 33.1 Å². The maximum absolute atomic E-state index is 4.64. The first-order chi connectivity index (χ1) is 8.22. The van der Waals surface area contributed by atoms with Gasteiger partial charge in [0, 0.05) is 19.6 Å². The molecule has 0 spiro atoms. The highest BCUT2D eigenvalue weighted by Crippen LogP contribution is 2.23. The lowest BCUT2D eigenvalue weighted by Gasteiger charge is -2.27. The molecule has 1 N–H and O–H groups in total. The SMILES string of the molecule is CCNc1nc(N2CCCCC2)nc(C)c1I. The zero-order chi connectivity index (χ0) is 12.3. The molecule has 0 aromatic carbocycles. The second-order valence-corrected chi connectivity index (χ2v) is 5.43. The van der Waals surface area contributed by atoms with E-state index in [4.69, 9.17) is 0 Å². The topological polar surface area (TPSA) is 41.1 Å². The first-order valence-corrected chi connectivity index (χ1v) is 7.33. The van der Waals surface area contributed by atoms with E-state index in [0.29, 0.717) is 0 Å². The summed E-state index contributed by atoms with van der Waals surface area (Å²) in [5.74, 6) is 1.86. The van der Waals surface area contributed by atoms with Gasteiger partial charge in [-0.2, -0.15) is 4.98 Å². The first kappa shape index (κ1) is 12.9. The third kappa shape index (κ3) is 3.00. The summed E-state index contributed by atoms with van der Waals surface area (Å²) >= 11 is 2.31. The summed E-state index contributed by atoms with van der Waals surface area (Å²) in [4.78, 5) is 11.5. The van der Waals surface area contributed by atoms with Crippen LogP contribution in [0.4, 0.5) is 11.8 Å². The van der Waals surface area contributed by atoms with Crippen molar-refractivity contribution in [3.8, 4) is 0 Å². The van der Waals surface area contributed by atoms with Crippen LogP contribution in [0.15, 0.2) is 0 Å². The predicted octanol–water partition coefficient (Wildman–Crippen LogP) is 2.81. The molecule has 2 heterocycles. The van der Waals surface area contributed by atoms with Crippen LogP contribution in [-0.4, -0.2) is 29.6 Å². The van der Waals surface area contributed by atoms with Crippen molar-refractivity contribution in [3.63, 3.8) is 0 Å². The van der Waals surface area contributed by atoms with Crippen molar-refractivity contribution in [2.75, 3.05) is 29.9 Å². The Kier molecular flexibility index (Phi) is 4.42. The van der Waals surface area contributed by atoms with Gasteiger partial charge in [0.2, 0.25) is 5.95 Å². The van der Waals surface area contributed by atoms with E-state index >= 15 is 0 Å². The zero-order valence-corrected chi connectivity index (χ0v) is 12.6. The largest absolute Gasteiger partial charge is 0.369 e. The molecule has 1 aliphatic heterocycles. The van der Waals surface area contributed by atoms with Gasteiger partial charge in [-0.05, 0) is 55.7 Å². The van der Waals surface area contributed by atoms with Crippen molar-refractivity contribution < 1.29 is 0 Å².